The fourth-order valence-electron chi connectivity index (χ4n) is 1.21. The second kappa shape index (κ2) is 3.49. The fourth-order valence-corrected chi connectivity index (χ4v) is 1.21. The summed E-state index contributed by atoms with van der Waals surface area (Å²) in [5.74, 6) is 0. The van der Waals surface area contributed by atoms with Gasteiger partial charge in [0.1, 0.15) is 6.67 Å². The topological polar surface area (TPSA) is 33.6 Å². The molecular weight excluding hydrogens is 181 g/mol. The first-order chi connectivity index (χ1) is 6.81. The van der Waals surface area contributed by atoms with Gasteiger partial charge in [-0.1, -0.05) is 6.58 Å². The van der Waals surface area contributed by atoms with Crippen molar-refractivity contribution in [1.82, 2.24) is 14.8 Å². The van der Waals surface area contributed by atoms with E-state index in [2.05, 4.69) is 16.7 Å². The first kappa shape index (κ1) is 8.74. The van der Waals surface area contributed by atoms with Gasteiger partial charge in [-0.15, -0.1) is 0 Å². The molecule has 0 saturated carbocycles. The van der Waals surface area contributed by atoms with Gasteiger partial charge in [0.2, 0.25) is 0 Å². The molecule has 0 aromatic carbocycles. The molecule has 0 bridgehead atoms. The van der Waals surface area contributed by atoms with Crippen molar-refractivity contribution in [2.75, 3.05) is 6.67 Å². The number of alkyl halides is 1. The molecule has 2 rings (SSSR count). The molecule has 14 heavy (non-hydrogen) atoms. The van der Waals surface area contributed by atoms with Gasteiger partial charge in [-0.05, 0) is 12.1 Å². The molecule has 0 amide bonds. The van der Waals surface area contributed by atoms with Crippen LogP contribution < -0.4 is 0 Å². The Kier molecular flexibility index (Phi) is 2.18. The molecule has 4 heteroatoms. The number of allylic oxidation sites excluding steroid dienone is 1. The number of hydrogen-bond acceptors (Lipinski definition) is 1. The number of hydrogen-bond donors (Lipinski definition) is 1. The number of halogens is 1. The predicted octanol–water partition coefficient (Wildman–Crippen LogP) is 2.32. The summed E-state index contributed by atoms with van der Waals surface area (Å²) in [5.41, 5.74) is 2.22. The van der Waals surface area contributed by atoms with E-state index in [4.69, 9.17) is 0 Å². The highest BCUT2D eigenvalue weighted by Crippen LogP contribution is 2.16. The van der Waals surface area contributed by atoms with Crippen molar-refractivity contribution in [3.63, 3.8) is 0 Å². The summed E-state index contributed by atoms with van der Waals surface area (Å²) in [6.45, 7) is 2.96. The van der Waals surface area contributed by atoms with Crippen LogP contribution in [-0.2, 0) is 0 Å². The normalized spacial score (nSPS) is 10.4. The van der Waals surface area contributed by atoms with Crippen molar-refractivity contribution in [1.29, 1.82) is 0 Å². The number of nitrogens with zero attached hydrogens (tertiary/aromatic N) is 2. The molecule has 0 aliphatic carbocycles. The minimum Gasteiger partial charge on any atom is -0.361 e. The van der Waals surface area contributed by atoms with Gasteiger partial charge in [-0.25, -0.2) is 9.07 Å². The molecule has 0 radical (unpaired) electrons. The maximum Gasteiger partial charge on any atom is 0.131 e. The summed E-state index contributed by atoms with van der Waals surface area (Å²) in [7, 11) is 0. The van der Waals surface area contributed by atoms with E-state index < -0.39 is 6.67 Å². The highest BCUT2D eigenvalue weighted by atomic mass is 19.1. The minimum atomic E-state index is -0.591. The monoisotopic (exact) mass is 191 g/mol. The smallest absolute Gasteiger partial charge is 0.131 e. The molecule has 72 valence electrons. The second-order valence-corrected chi connectivity index (χ2v) is 2.96. The van der Waals surface area contributed by atoms with Crippen LogP contribution in [-0.4, -0.2) is 21.4 Å². The lowest BCUT2D eigenvalue weighted by molar-refractivity contribution is 0.553. The van der Waals surface area contributed by atoms with E-state index in [-0.39, 0.29) is 0 Å². The Morgan fingerprint density at radius 2 is 2.50 bits per heavy atom. The maximum absolute atomic E-state index is 12.3. The Hall–Kier alpha value is -1.84. The van der Waals surface area contributed by atoms with Gasteiger partial charge in [0.25, 0.3) is 0 Å². The van der Waals surface area contributed by atoms with Gasteiger partial charge in [-0.3, -0.25) is 0 Å². The van der Waals surface area contributed by atoms with Gasteiger partial charge in [0, 0.05) is 23.7 Å². The highest BCUT2D eigenvalue weighted by molar-refractivity contribution is 5.58. The van der Waals surface area contributed by atoms with Gasteiger partial charge in [0.05, 0.1) is 11.9 Å². The van der Waals surface area contributed by atoms with Crippen molar-refractivity contribution in [3.8, 4) is 11.3 Å². The minimum absolute atomic E-state index is 0.336. The van der Waals surface area contributed by atoms with Crippen LogP contribution in [0.1, 0.15) is 0 Å². The standard InChI is InChI=1S/C10H10FN3/c1-8(5-11)14-7-9(6-13-14)10-3-2-4-12-10/h2-4,6-7,12H,1,5H2. The summed E-state index contributed by atoms with van der Waals surface area (Å²) in [6.07, 6.45) is 5.25. The van der Waals surface area contributed by atoms with Gasteiger partial charge < -0.3 is 4.98 Å². The molecule has 0 aliphatic rings. The Morgan fingerprint density at radius 3 is 3.14 bits per heavy atom. The van der Waals surface area contributed by atoms with Crippen molar-refractivity contribution in [2.45, 2.75) is 0 Å². The lowest BCUT2D eigenvalue weighted by Crippen LogP contribution is -1.96. The molecule has 0 aliphatic heterocycles. The van der Waals surface area contributed by atoms with E-state index in [9.17, 15) is 4.39 Å². The summed E-state index contributed by atoms with van der Waals surface area (Å²) >= 11 is 0. The molecule has 0 atom stereocenters. The Morgan fingerprint density at radius 1 is 1.64 bits per heavy atom. The van der Waals surface area contributed by atoms with Gasteiger partial charge >= 0.3 is 0 Å². The van der Waals surface area contributed by atoms with Crippen LogP contribution >= 0.6 is 0 Å². The number of aromatic amines is 1. The molecule has 2 aromatic heterocycles. The zero-order valence-electron chi connectivity index (χ0n) is 7.57. The van der Waals surface area contributed by atoms with Crippen molar-refractivity contribution in [2.24, 2.45) is 0 Å². The number of aromatic nitrogens is 3. The van der Waals surface area contributed by atoms with Crippen LogP contribution in [0.2, 0.25) is 0 Å². The van der Waals surface area contributed by atoms with E-state index in [0.717, 1.165) is 11.3 Å². The third kappa shape index (κ3) is 1.46. The third-order valence-electron chi connectivity index (χ3n) is 1.97. The predicted molar refractivity (Wildman–Crippen MR) is 53.3 cm³/mol. The zero-order valence-corrected chi connectivity index (χ0v) is 7.57. The number of H-pyrrole nitrogens is 1. The largest absolute Gasteiger partial charge is 0.361 e. The molecule has 2 aromatic rings. The van der Waals surface area contributed by atoms with Crippen molar-refractivity contribution >= 4 is 5.70 Å². The third-order valence-corrected chi connectivity index (χ3v) is 1.97. The van der Waals surface area contributed by atoms with Crippen LogP contribution in [0.15, 0.2) is 37.3 Å². The average Bonchev–Trinajstić information content (AvgIpc) is 2.86. The van der Waals surface area contributed by atoms with Crippen LogP contribution in [0.25, 0.3) is 17.0 Å². The van der Waals surface area contributed by atoms with Crippen molar-refractivity contribution in [3.05, 3.63) is 37.3 Å². The Bertz CT molecular complexity index is 428. The van der Waals surface area contributed by atoms with E-state index in [0.29, 0.717) is 5.70 Å². The molecule has 0 spiro atoms. The van der Waals surface area contributed by atoms with Crippen molar-refractivity contribution < 1.29 is 4.39 Å². The molecule has 2 heterocycles. The summed E-state index contributed by atoms with van der Waals surface area (Å²) in [4.78, 5) is 3.05. The van der Waals surface area contributed by atoms with E-state index in [1.165, 1.54) is 4.68 Å². The first-order valence-electron chi connectivity index (χ1n) is 4.24. The van der Waals surface area contributed by atoms with E-state index >= 15 is 0 Å². The Balaban J connectivity index is 2.31. The maximum atomic E-state index is 12.3. The second-order valence-electron chi connectivity index (χ2n) is 2.96. The first-order valence-corrected chi connectivity index (χ1v) is 4.24. The Labute approximate surface area is 80.9 Å². The quantitative estimate of drug-likeness (QED) is 0.793. The average molecular weight is 191 g/mol. The number of nitrogens with one attached hydrogen (secondary N) is 1. The van der Waals surface area contributed by atoms with Crippen LogP contribution in [0.5, 0.6) is 0 Å². The lowest BCUT2D eigenvalue weighted by atomic mass is 10.3. The molecular formula is C10H10FN3. The summed E-state index contributed by atoms with van der Waals surface area (Å²) < 4.78 is 13.7. The van der Waals surface area contributed by atoms with E-state index in [1.54, 1.807) is 12.4 Å². The molecule has 0 fully saturated rings. The number of rotatable bonds is 3. The van der Waals surface area contributed by atoms with E-state index in [1.807, 2.05) is 18.3 Å². The summed E-state index contributed by atoms with van der Waals surface area (Å²) in [6, 6.07) is 3.83. The fraction of sp³-hybridized carbons (Fsp3) is 0.100. The molecule has 1 N–H and O–H groups in total. The van der Waals surface area contributed by atoms with Gasteiger partial charge in [0.15, 0.2) is 0 Å². The van der Waals surface area contributed by atoms with Crippen LogP contribution in [0.3, 0.4) is 0 Å². The SMILES string of the molecule is C=C(CF)n1cc(-c2ccc[nH]2)cn1. The van der Waals surface area contributed by atoms with Gasteiger partial charge in [-0.2, -0.15) is 5.10 Å². The van der Waals surface area contributed by atoms with Crippen LogP contribution in [0, 0.1) is 0 Å². The summed E-state index contributed by atoms with van der Waals surface area (Å²) in [5, 5.41) is 4.00. The lowest BCUT2D eigenvalue weighted by Gasteiger charge is -1.97. The highest BCUT2D eigenvalue weighted by Gasteiger charge is 2.03. The zero-order chi connectivity index (χ0) is 9.97. The molecule has 0 unspecified atom stereocenters. The molecule has 3 nitrogen and oxygen atoms in total. The molecule has 0 saturated heterocycles. The van der Waals surface area contributed by atoms with Crippen LogP contribution in [0.4, 0.5) is 4.39 Å².